The van der Waals surface area contributed by atoms with Crippen molar-refractivity contribution in [2.75, 3.05) is 23.0 Å². The first-order chi connectivity index (χ1) is 17.8. The van der Waals surface area contributed by atoms with Crippen molar-refractivity contribution in [2.24, 2.45) is 0 Å². The van der Waals surface area contributed by atoms with Crippen molar-refractivity contribution in [1.29, 1.82) is 0 Å². The molecule has 6 rings (SSSR count). The molecule has 0 radical (unpaired) electrons. The van der Waals surface area contributed by atoms with Gasteiger partial charge in [-0.2, -0.15) is 0 Å². The van der Waals surface area contributed by atoms with Crippen molar-refractivity contribution >= 4 is 45.4 Å². The molecule has 1 amide bonds. The van der Waals surface area contributed by atoms with Gasteiger partial charge in [-0.05, 0) is 70.2 Å². The maximum Gasteiger partial charge on any atom is 0.263 e. The van der Waals surface area contributed by atoms with Crippen LogP contribution in [0.2, 0.25) is 0 Å². The van der Waals surface area contributed by atoms with Crippen LogP contribution >= 0.6 is 11.3 Å². The molecule has 0 unspecified atom stereocenters. The molecule has 8 nitrogen and oxygen atoms in total. The first-order valence-electron chi connectivity index (χ1n) is 12.3. The van der Waals surface area contributed by atoms with Crippen LogP contribution in [-0.4, -0.2) is 39.5 Å². The number of benzene rings is 1. The highest BCUT2D eigenvalue weighted by atomic mass is 32.1. The highest BCUT2D eigenvalue weighted by molar-refractivity contribution is 7.17. The summed E-state index contributed by atoms with van der Waals surface area (Å²) in [6.45, 7) is 9.19. The summed E-state index contributed by atoms with van der Waals surface area (Å²) >= 11 is 1.43. The lowest BCUT2D eigenvalue weighted by Gasteiger charge is -2.31. The molecule has 1 aromatic carbocycles. The van der Waals surface area contributed by atoms with E-state index in [0.717, 1.165) is 51.0 Å². The summed E-state index contributed by atoms with van der Waals surface area (Å²) in [4.78, 5) is 32.2. The van der Waals surface area contributed by atoms with E-state index in [1.165, 1.54) is 11.3 Å². The van der Waals surface area contributed by atoms with E-state index in [1.54, 1.807) is 0 Å². The minimum absolute atomic E-state index is 0.0561. The van der Waals surface area contributed by atoms with E-state index in [4.69, 9.17) is 19.7 Å². The minimum atomic E-state index is -0.312. The van der Waals surface area contributed by atoms with Crippen LogP contribution in [-0.2, 0) is 6.42 Å². The Balaban J connectivity index is 1.45. The fourth-order valence-corrected chi connectivity index (χ4v) is 5.83. The third-order valence-corrected chi connectivity index (χ3v) is 7.57. The zero-order valence-corrected chi connectivity index (χ0v) is 22.1. The number of rotatable bonds is 4. The molecule has 3 aromatic heterocycles. The molecule has 0 bridgehead atoms. The van der Waals surface area contributed by atoms with Crippen LogP contribution in [0.15, 0.2) is 54.6 Å². The fraction of sp³-hybridized carbons (Fsp3) is 0.286. The Kier molecular flexibility index (Phi) is 5.60. The highest BCUT2D eigenvalue weighted by Gasteiger charge is 2.35. The van der Waals surface area contributed by atoms with E-state index in [-0.39, 0.29) is 11.4 Å². The molecular formula is C28H28N6O2S. The monoisotopic (exact) mass is 512 g/mol. The summed E-state index contributed by atoms with van der Waals surface area (Å²) < 4.78 is 6.02. The second kappa shape index (κ2) is 8.85. The highest BCUT2D eigenvalue weighted by Crippen LogP contribution is 2.44. The van der Waals surface area contributed by atoms with Crippen LogP contribution in [0.1, 0.15) is 40.6 Å². The Bertz CT molecular complexity index is 1470. The van der Waals surface area contributed by atoms with Crippen molar-refractivity contribution < 1.29 is 9.53 Å². The summed E-state index contributed by atoms with van der Waals surface area (Å²) in [5.41, 5.74) is 4.20. The summed E-state index contributed by atoms with van der Waals surface area (Å²) in [6, 6.07) is 18.0. The molecule has 4 aromatic rings. The number of pyridine rings is 2. The first-order valence-corrected chi connectivity index (χ1v) is 13.1. The molecule has 0 saturated heterocycles. The Morgan fingerprint density at radius 2 is 1.70 bits per heavy atom. The third kappa shape index (κ3) is 4.40. The molecule has 0 saturated carbocycles. The van der Waals surface area contributed by atoms with E-state index in [1.807, 2.05) is 76.2 Å². The number of amides is 1. The van der Waals surface area contributed by atoms with E-state index < -0.39 is 0 Å². The van der Waals surface area contributed by atoms with Gasteiger partial charge in [0, 0.05) is 23.3 Å². The fourth-order valence-electron chi connectivity index (χ4n) is 4.81. The van der Waals surface area contributed by atoms with Crippen LogP contribution < -0.4 is 19.9 Å². The summed E-state index contributed by atoms with van der Waals surface area (Å²) in [5, 5.41) is 3.88. The Morgan fingerprint density at radius 1 is 1.00 bits per heavy atom. The Morgan fingerprint density at radius 3 is 2.38 bits per heavy atom. The average Bonchev–Trinajstić information content (AvgIpc) is 3.27. The lowest BCUT2D eigenvalue weighted by molar-refractivity contribution is 0.0901. The summed E-state index contributed by atoms with van der Waals surface area (Å²) in [7, 11) is 0. The number of hydrogen-bond acceptors (Lipinski definition) is 8. The van der Waals surface area contributed by atoms with E-state index in [9.17, 15) is 4.79 Å². The van der Waals surface area contributed by atoms with Gasteiger partial charge < -0.3 is 15.0 Å². The Labute approximate surface area is 220 Å². The number of thiazole rings is 1. The van der Waals surface area contributed by atoms with Gasteiger partial charge in [-0.3, -0.25) is 9.69 Å². The smallest absolute Gasteiger partial charge is 0.263 e. The molecule has 0 atom stereocenters. The maximum absolute atomic E-state index is 12.8. The zero-order valence-electron chi connectivity index (χ0n) is 21.3. The number of anilines is 5. The second-order valence-corrected chi connectivity index (χ2v) is 11.0. The number of aryl methyl sites for hydroxylation is 2. The van der Waals surface area contributed by atoms with Gasteiger partial charge in [-0.15, -0.1) is 0 Å². The quantitative estimate of drug-likeness (QED) is 0.380. The molecule has 0 aliphatic carbocycles. The molecule has 0 fully saturated rings. The van der Waals surface area contributed by atoms with Crippen molar-refractivity contribution in [3.63, 3.8) is 0 Å². The molecule has 0 spiro atoms. The van der Waals surface area contributed by atoms with Crippen LogP contribution in [0.3, 0.4) is 0 Å². The second-order valence-electron chi connectivity index (χ2n) is 10.0. The number of carbonyl (C=O) groups is 1. The number of hydrogen-bond donors (Lipinski definition) is 1. The summed E-state index contributed by atoms with van der Waals surface area (Å²) in [5.74, 6) is 2.29. The predicted octanol–water partition coefficient (Wildman–Crippen LogP) is 5.61. The molecular weight excluding hydrogens is 484 g/mol. The maximum atomic E-state index is 12.8. The van der Waals surface area contributed by atoms with Gasteiger partial charge in [0.15, 0.2) is 5.13 Å². The van der Waals surface area contributed by atoms with Crippen molar-refractivity contribution in [3.8, 4) is 5.75 Å². The van der Waals surface area contributed by atoms with Gasteiger partial charge in [0.1, 0.15) is 28.9 Å². The number of nitrogens with one attached hydrogen (secondary N) is 1. The van der Waals surface area contributed by atoms with Crippen LogP contribution in [0.25, 0.3) is 0 Å². The average molecular weight is 513 g/mol. The topological polar surface area (TPSA) is 83.5 Å². The number of nitrogens with zero attached hydrogens (tertiary/aromatic N) is 5. The van der Waals surface area contributed by atoms with Gasteiger partial charge >= 0.3 is 0 Å². The Hall–Kier alpha value is -3.98. The van der Waals surface area contributed by atoms with E-state index >= 15 is 0 Å². The number of ether oxygens (including phenoxy) is 1. The third-order valence-electron chi connectivity index (χ3n) is 6.45. The van der Waals surface area contributed by atoms with Crippen molar-refractivity contribution in [2.45, 2.75) is 39.7 Å². The van der Waals surface area contributed by atoms with E-state index in [0.29, 0.717) is 24.4 Å². The molecule has 5 heterocycles. The standard InChI is InChI=1S/C28H28N6O2S/c1-17-7-5-9-23(29-17)34(24-10-6-8-18(2)30-24)19-11-12-22-21(15-19)33(13-14-36-22)27-31-20-16-28(3,4)32-26(35)25(20)37-27/h5-12,15H,13-14,16H2,1-4H3,(H,32,35). The van der Waals surface area contributed by atoms with Crippen molar-refractivity contribution in [3.05, 3.63) is 76.6 Å². The summed E-state index contributed by atoms with van der Waals surface area (Å²) in [6.07, 6.45) is 0.702. The van der Waals surface area contributed by atoms with Crippen LogP contribution in [0.5, 0.6) is 5.75 Å². The normalized spacial score (nSPS) is 15.9. The van der Waals surface area contributed by atoms with Gasteiger partial charge in [-0.1, -0.05) is 23.5 Å². The predicted molar refractivity (Wildman–Crippen MR) is 146 cm³/mol. The molecule has 2 aliphatic heterocycles. The number of aromatic nitrogens is 3. The largest absolute Gasteiger partial charge is 0.490 e. The molecule has 2 aliphatic rings. The SMILES string of the molecule is Cc1cccc(N(c2ccc3c(c2)N(c2nc4c(s2)C(=O)NC(C)(C)C4)CCO3)c2cccc(C)n2)n1. The molecule has 37 heavy (non-hydrogen) atoms. The van der Waals surface area contributed by atoms with Gasteiger partial charge in [-0.25, -0.2) is 15.0 Å². The van der Waals surface area contributed by atoms with Gasteiger partial charge in [0.05, 0.1) is 23.6 Å². The molecule has 9 heteroatoms. The minimum Gasteiger partial charge on any atom is -0.490 e. The zero-order chi connectivity index (χ0) is 25.7. The van der Waals surface area contributed by atoms with Crippen LogP contribution in [0, 0.1) is 13.8 Å². The van der Waals surface area contributed by atoms with Crippen LogP contribution in [0.4, 0.5) is 28.1 Å². The molecule has 1 N–H and O–H groups in total. The van der Waals surface area contributed by atoms with E-state index in [2.05, 4.69) is 21.2 Å². The van der Waals surface area contributed by atoms with Crippen molar-refractivity contribution in [1.82, 2.24) is 20.3 Å². The lowest BCUT2D eigenvalue weighted by Crippen LogP contribution is -2.48. The lowest BCUT2D eigenvalue weighted by atomic mass is 9.94. The number of fused-ring (bicyclic) bond motifs is 2. The van der Waals surface area contributed by atoms with Gasteiger partial charge in [0.25, 0.3) is 5.91 Å². The first kappa shape index (κ1) is 23.4. The molecule has 188 valence electrons. The number of carbonyl (C=O) groups excluding carboxylic acids is 1. The van der Waals surface area contributed by atoms with Gasteiger partial charge in [0.2, 0.25) is 0 Å².